The predicted octanol–water partition coefficient (Wildman–Crippen LogP) is 5.66. The van der Waals surface area contributed by atoms with Crippen LogP contribution in [0.3, 0.4) is 0 Å². The molecule has 4 aromatic carbocycles. The van der Waals surface area contributed by atoms with Gasteiger partial charge < -0.3 is 10.3 Å². The van der Waals surface area contributed by atoms with Gasteiger partial charge in [0, 0.05) is 34.1 Å². The van der Waals surface area contributed by atoms with Gasteiger partial charge >= 0.3 is 0 Å². The molecule has 0 bridgehead atoms. The van der Waals surface area contributed by atoms with Crippen LogP contribution in [0.4, 0.5) is 11.4 Å². The zero-order chi connectivity index (χ0) is 26.2. The maximum atomic E-state index is 13.7. The molecule has 2 heterocycles. The summed E-state index contributed by atoms with van der Waals surface area (Å²) >= 11 is 1.12. The Balaban J connectivity index is 1.39. The Morgan fingerprint density at radius 1 is 0.947 bits per heavy atom. The van der Waals surface area contributed by atoms with E-state index in [0.29, 0.717) is 27.6 Å². The van der Waals surface area contributed by atoms with Gasteiger partial charge in [-0.25, -0.2) is 4.98 Å². The Kier molecular flexibility index (Phi) is 5.85. The largest absolute Gasteiger partial charge is 0.349 e. The second-order valence-electron chi connectivity index (χ2n) is 8.57. The molecule has 10 heteroatoms. The highest BCUT2D eigenvalue weighted by atomic mass is 32.2. The van der Waals surface area contributed by atoms with Gasteiger partial charge in [0.25, 0.3) is 11.2 Å². The number of carbonyl (C=O) groups is 1. The van der Waals surface area contributed by atoms with Crippen molar-refractivity contribution in [3.8, 4) is 5.69 Å². The molecule has 0 saturated carbocycles. The Morgan fingerprint density at radius 2 is 1.66 bits per heavy atom. The molecule has 186 valence electrons. The fourth-order valence-electron chi connectivity index (χ4n) is 4.44. The Labute approximate surface area is 219 Å². The van der Waals surface area contributed by atoms with Crippen LogP contribution in [-0.2, 0) is 4.79 Å². The van der Waals surface area contributed by atoms with Crippen molar-refractivity contribution in [2.24, 2.45) is 0 Å². The molecule has 2 N–H and O–H groups in total. The van der Waals surface area contributed by atoms with Gasteiger partial charge in [0.15, 0.2) is 5.16 Å². The van der Waals surface area contributed by atoms with E-state index in [2.05, 4.69) is 10.3 Å². The minimum atomic E-state index is -0.501. The number of rotatable bonds is 6. The third-order valence-corrected chi connectivity index (χ3v) is 7.15. The molecular weight excluding hydrogens is 502 g/mol. The highest BCUT2D eigenvalue weighted by molar-refractivity contribution is 7.99. The summed E-state index contributed by atoms with van der Waals surface area (Å²) in [6, 6.07) is 26.6. The molecule has 0 radical (unpaired) electrons. The van der Waals surface area contributed by atoms with Crippen LogP contribution < -0.4 is 10.9 Å². The van der Waals surface area contributed by atoms with Gasteiger partial charge in [0.1, 0.15) is 11.0 Å². The van der Waals surface area contributed by atoms with E-state index >= 15 is 0 Å². The maximum absolute atomic E-state index is 13.7. The fourth-order valence-corrected chi connectivity index (χ4v) is 5.25. The molecule has 0 fully saturated rings. The van der Waals surface area contributed by atoms with Gasteiger partial charge in [0.2, 0.25) is 5.91 Å². The van der Waals surface area contributed by atoms with E-state index in [9.17, 15) is 19.7 Å². The molecule has 9 nitrogen and oxygen atoms in total. The van der Waals surface area contributed by atoms with Crippen LogP contribution in [-0.4, -0.2) is 31.1 Å². The number of hydrogen-bond donors (Lipinski definition) is 2. The smallest absolute Gasteiger partial charge is 0.283 e. The molecule has 6 rings (SSSR count). The van der Waals surface area contributed by atoms with Crippen LogP contribution >= 0.6 is 11.8 Å². The summed E-state index contributed by atoms with van der Waals surface area (Å²) in [6.07, 6.45) is 0. The Morgan fingerprint density at radius 3 is 2.45 bits per heavy atom. The van der Waals surface area contributed by atoms with Crippen molar-refractivity contribution in [1.82, 2.24) is 14.5 Å². The van der Waals surface area contributed by atoms with Crippen LogP contribution in [0, 0.1) is 10.1 Å². The molecule has 0 aliphatic heterocycles. The van der Waals surface area contributed by atoms with E-state index in [1.54, 1.807) is 0 Å². The summed E-state index contributed by atoms with van der Waals surface area (Å²) in [5.74, 6) is -0.258. The first-order valence-corrected chi connectivity index (χ1v) is 12.7. The number of hydrogen-bond acceptors (Lipinski definition) is 6. The number of nitro benzene ring substituents is 1. The quantitative estimate of drug-likeness (QED) is 0.126. The SMILES string of the molecule is O=C(CSc1nc2c([nH]c3ccccc32)c(=O)n1-c1ccc([N+](=O)[O-])cc1)Nc1cccc2ccccc12. The number of amides is 1. The van der Waals surface area contributed by atoms with Crippen molar-refractivity contribution in [2.75, 3.05) is 11.1 Å². The summed E-state index contributed by atoms with van der Waals surface area (Å²) in [6.45, 7) is 0. The van der Waals surface area contributed by atoms with Gasteiger partial charge in [-0.3, -0.25) is 24.3 Å². The van der Waals surface area contributed by atoms with Crippen molar-refractivity contribution in [2.45, 2.75) is 5.16 Å². The van der Waals surface area contributed by atoms with Gasteiger partial charge in [-0.2, -0.15) is 0 Å². The van der Waals surface area contributed by atoms with E-state index in [4.69, 9.17) is 4.98 Å². The van der Waals surface area contributed by atoms with Crippen molar-refractivity contribution in [3.63, 3.8) is 0 Å². The normalized spacial score (nSPS) is 11.3. The number of non-ortho nitro benzene ring substituents is 1. The van der Waals surface area contributed by atoms with Crippen LogP contribution in [0.5, 0.6) is 0 Å². The number of nitrogens with one attached hydrogen (secondary N) is 2. The molecule has 0 unspecified atom stereocenters. The molecule has 1 amide bonds. The Hall–Kier alpha value is -4.96. The lowest BCUT2D eigenvalue weighted by atomic mass is 10.1. The minimum Gasteiger partial charge on any atom is -0.349 e. The number of benzene rings is 4. The molecule has 0 aliphatic rings. The summed E-state index contributed by atoms with van der Waals surface area (Å²) < 4.78 is 1.37. The first kappa shape index (κ1) is 23.4. The van der Waals surface area contributed by atoms with Gasteiger partial charge in [0.05, 0.1) is 16.4 Å². The topological polar surface area (TPSA) is 123 Å². The third kappa shape index (κ3) is 4.16. The highest BCUT2D eigenvalue weighted by Crippen LogP contribution is 2.28. The number of fused-ring (bicyclic) bond motifs is 4. The number of carbonyl (C=O) groups excluding carboxylic acids is 1. The van der Waals surface area contributed by atoms with Gasteiger partial charge in [-0.15, -0.1) is 0 Å². The standard InChI is InChI=1S/C28H19N5O4S/c34-24(29-22-11-5-7-17-6-1-2-8-20(17)22)16-38-28-31-25-21-9-3-4-10-23(21)30-26(25)27(35)32(28)18-12-14-19(15-13-18)33(36)37/h1-15,30H,16H2,(H,29,34). The lowest BCUT2D eigenvalue weighted by Gasteiger charge is -2.13. The van der Waals surface area contributed by atoms with E-state index in [-0.39, 0.29) is 22.9 Å². The number of aromatic nitrogens is 3. The van der Waals surface area contributed by atoms with Crippen molar-refractivity contribution < 1.29 is 9.72 Å². The van der Waals surface area contributed by atoms with Crippen LogP contribution in [0.25, 0.3) is 38.4 Å². The van der Waals surface area contributed by atoms with Crippen LogP contribution in [0.15, 0.2) is 101 Å². The number of thioether (sulfide) groups is 1. The van der Waals surface area contributed by atoms with E-state index in [1.807, 2.05) is 66.7 Å². The molecule has 6 aromatic rings. The van der Waals surface area contributed by atoms with E-state index in [1.165, 1.54) is 28.8 Å². The first-order chi connectivity index (χ1) is 18.5. The fraction of sp³-hybridized carbons (Fsp3) is 0.0357. The third-order valence-electron chi connectivity index (χ3n) is 6.21. The average Bonchev–Trinajstić information content (AvgIpc) is 3.31. The maximum Gasteiger partial charge on any atom is 0.283 e. The minimum absolute atomic E-state index is 0.00347. The average molecular weight is 522 g/mol. The molecule has 0 aliphatic carbocycles. The predicted molar refractivity (Wildman–Crippen MR) is 149 cm³/mol. The summed E-state index contributed by atoms with van der Waals surface area (Å²) in [5, 5.41) is 17.1. The zero-order valence-corrected chi connectivity index (χ0v) is 20.6. The number of para-hydroxylation sites is 1. The monoisotopic (exact) mass is 521 g/mol. The first-order valence-electron chi connectivity index (χ1n) is 11.7. The number of nitro groups is 1. The number of aromatic amines is 1. The summed E-state index contributed by atoms with van der Waals surface area (Å²) in [5.41, 5.74) is 2.22. The Bertz CT molecular complexity index is 1920. The zero-order valence-electron chi connectivity index (χ0n) is 19.8. The molecule has 38 heavy (non-hydrogen) atoms. The van der Waals surface area contributed by atoms with E-state index in [0.717, 1.165) is 33.4 Å². The lowest BCUT2D eigenvalue weighted by molar-refractivity contribution is -0.384. The van der Waals surface area contributed by atoms with Crippen LogP contribution in [0.2, 0.25) is 0 Å². The highest BCUT2D eigenvalue weighted by Gasteiger charge is 2.19. The van der Waals surface area contributed by atoms with Crippen molar-refractivity contribution >= 4 is 61.8 Å². The molecule has 0 saturated heterocycles. The van der Waals surface area contributed by atoms with Crippen LogP contribution in [0.1, 0.15) is 0 Å². The van der Waals surface area contributed by atoms with Gasteiger partial charge in [-0.05, 0) is 29.7 Å². The summed E-state index contributed by atoms with van der Waals surface area (Å²) in [4.78, 5) is 45.2. The second-order valence-corrected chi connectivity index (χ2v) is 9.51. The van der Waals surface area contributed by atoms with Gasteiger partial charge in [-0.1, -0.05) is 66.4 Å². The lowest BCUT2D eigenvalue weighted by Crippen LogP contribution is -2.23. The number of H-pyrrole nitrogens is 1. The molecule has 0 spiro atoms. The molecular formula is C28H19N5O4S. The number of nitrogens with zero attached hydrogens (tertiary/aromatic N) is 3. The van der Waals surface area contributed by atoms with Crippen molar-refractivity contribution in [1.29, 1.82) is 0 Å². The molecule has 0 atom stereocenters. The van der Waals surface area contributed by atoms with Crippen molar-refractivity contribution in [3.05, 3.63) is 111 Å². The summed E-state index contributed by atoms with van der Waals surface area (Å²) in [7, 11) is 0. The molecule has 2 aromatic heterocycles. The number of anilines is 1. The van der Waals surface area contributed by atoms with E-state index < -0.39 is 4.92 Å². The second kappa shape index (κ2) is 9.49.